The molecule has 6 heteroatoms. The number of hydrogen-bond acceptors (Lipinski definition) is 6. The lowest BCUT2D eigenvalue weighted by Crippen LogP contribution is -2.66. The SMILES string of the molecule is O[C@@H]1[C@@H](OCc2ccccc2)[C@H](OCc2ccccc2)[C@@H](COCc2ccccc2)O[C@@H]1C1(O)CCCCC1. The van der Waals surface area contributed by atoms with Gasteiger partial charge in [-0.3, -0.25) is 0 Å². The van der Waals surface area contributed by atoms with Crippen LogP contribution in [0.2, 0.25) is 0 Å². The van der Waals surface area contributed by atoms with Crippen LogP contribution in [-0.2, 0) is 38.8 Å². The standard InChI is InChI=1S/C33H40O6/c34-29-31(38-23-27-17-9-3-10-18-27)30(37-22-26-15-7-2-8-16-26)28(24-36-21-25-13-5-1-6-14-25)39-32(29)33(35)19-11-4-12-20-33/h1-3,5-10,13-18,28-32,34-35H,4,11-12,19-24H2/t28-,29-,30-,31-,32+/m1/s1. The fourth-order valence-electron chi connectivity index (χ4n) is 5.75. The van der Waals surface area contributed by atoms with Gasteiger partial charge in [0.15, 0.2) is 0 Å². The van der Waals surface area contributed by atoms with Crippen molar-refractivity contribution in [3.8, 4) is 0 Å². The quantitative estimate of drug-likeness (QED) is 0.354. The van der Waals surface area contributed by atoms with Gasteiger partial charge in [-0.2, -0.15) is 0 Å². The van der Waals surface area contributed by atoms with Crippen LogP contribution in [0.4, 0.5) is 0 Å². The van der Waals surface area contributed by atoms with E-state index in [1.54, 1.807) is 0 Å². The summed E-state index contributed by atoms with van der Waals surface area (Å²) in [5.41, 5.74) is 1.97. The number of aliphatic hydroxyl groups is 2. The van der Waals surface area contributed by atoms with Crippen molar-refractivity contribution in [3.63, 3.8) is 0 Å². The van der Waals surface area contributed by atoms with E-state index in [1.165, 1.54) is 0 Å². The molecule has 5 atom stereocenters. The van der Waals surface area contributed by atoms with Crippen LogP contribution in [0.1, 0.15) is 48.8 Å². The summed E-state index contributed by atoms with van der Waals surface area (Å²) < 4.78 is 25.5. The fourth-order valence-corrected chi connectivity index (χ4v) is 5.75. The Morgan fingerprint density at radius 2 is 1.15 bits per heavy atom. The molecule has 2 N–H and O–H groups in total. The molecule has 0 radical (unpaired) electrons. The van der Waals surface area contributed by atoms with E-state index < -0.39 is 36.1 Å². The lowest BCUT2D eigenvalue weighted by atomic mass is 9.76. The maximum absolute atomic E-state index is 11.7. The van der Waals surface area contributed by atoms with E-state index in [0.29, 0.717) is 32.7 Å². The maximum Gasteiger partial charge on any atom is 0.115 e. The van der Waals surface area contributed by atoms with Gasteiger partial charge in [-0.25, -0.2) is 0 Å². The van der Waals surface area contributed by atoms with Gasteiger partial charge in [-0.05, 0) is 29.5 Å². The van der Waals surface area contributed by atoms with Crippen LogP contribution in [0.15, 0.2) is 91.0 Å². The first kappa shape index (κ1) is 28.0. The summed E-state index contributed by atoms with van der Waals surface area (Å²) in [7, 11) is 0. The molecule has 1 heterocycles. The van der Waals surface area contributed by atoms with Gasteiger partial charge in [0.05, 0.1) is 32.0 Å². The lowest BCUT2D eigenvalue weighted by molar-refractivity contribution is -0.295. The monoisotopic (exact) mass is 532 g/mol. The van der Waals surface area contributed by atoms with Crippen LogP contribution in [0, 0.1) is 0 Å². The summed E-state index contributed by atoms with van der Waals surface area (Å²) in [6.45, 7) is 1.34. The van der Waals surface area contributed by atoms with E-state index in [4.69, 9.17) is 18.9 Å². The summed E-state index contributed by atoms with van der Waals surface area (Å²) >= 11 is 0. The summed E-state index contributed by atoms with van der Waals surface area (Å²) in [6.07, 6.45) is 0.392. The molecule has 39 heavy (non-hydrogen) atoms. The Morgan fingerprint density at radius 1 is 0.667 bits per heavy atom. The predicted octanol–water partition coefficient (Wildman–Crippen LogP) is 5.20. The van der Waals surface area contributed by atoms with Crippen LogP contribution < -0.4 is 0 Å². The fraction of sp³-hybridized carbons (Fsp3) is 0.455. The minimum Gasteiger partial charge on any atom is -0.387 e. The number of hydrogen-bond donors (Lipinski definition) is 2. The number of ether oxygens (including phenoxy) is 4. The van der Waals surface area contributed by atoms with Gasteiger partial charge < -0.3 is 29.2 Å². The zero-order chi connectivity index (χ0) is 26.9. The molecule has 5 rings (SSSR count). The highest BCUT2D eigenvalue weighted by Crippen LogP contribution is 2.39. The summed E-state index contributed by atoms with van der Waals surface area (Å²) in [4.78, 5) is 0. The molecule has 0 aromatic heterocycles. The molecule has 1 saturated carbocycles. The van der Waals surface area contributed by atoms with Crippen molar-refractivity contribution in [2.45, 2.75) is 88.0 Å². The van der Waals surface area contributed by atoms with Crippen molar-refractivity contribution in [1.29, 1.82) is 0 Å². The van der Waals surface area contributed by atoms with E-state index in [9.17, 15) is 10.2 Å². The van der Waals surface area contributed by atoms with Crippen LogP contribution in [0.25, 0.3) is 0 Å². The van der Waals surface area contributed by atoms with Crippen molar-refractivity contribution < 1.29 is 29.2 Å². The van der Waals surface area contributed by atoms with Crippen molar-refractivity contribution in [3.05, 3.63) is 108 Å². The van der Waals surface area contributed by atoms with E-state index in [1.807, 2.05) is 91.0 Å². The van der Waals surface area contributed by atoms with Crippen molar-refractivity contribution in [2.75, 3.05) is 6.61 Å². The third-order valence-corrected chi connectivity index (χ3v) is 7.87. The molecule has 3 aromatic carbocycles. The van der Waals surface area contributed by atoms with Gasteiger partial charge in [0, 0.05) is 0 Å². The zero-order valence-corrected chi connectivity index (χ0v) is 22.4. The van der Waals surface area contributed by atoms with E-state index >= 15 is 0 Å². The molecule has 6 nitrogen and oxygen atoms in total. The average Bonchev–Trinajstić information content (AvgIpc) is 2.98. The van der Waals surface area contributed by atoms with Crippen LogP contribution >= 0.6 is 0 Å². The summed E-state index contributed by atoms with van der Waals surface area (Å²) in [5.74, 6) is 0. The van der Waals surface area contributed by atoms with Crippen molar-refractivity contribution in [1.82, 2.24) is 0 Å². The Kier molecular flexibility index (Phi) is 9.80. The second kappa shape index (κ2) is 13.7. The lowest BCUT2D eigenvalue weighted by Gasteiger charge is -2.50. The molecule has 1 aliphatic carbocycles. The van der Waals surface area contributed by atoms with Gasteiger partial charge in [-0.15, -0.1) is 0 Å². The van der Waals surface area contributed by atoms with Crippen LogP contribution in [0.3, 0.4) is 0 Å². The van der Waals surface area contributed by atoms with Crippen LogP contribution in [-0.4, -0.2) is 52.9 Å². The number of rotatable bonds is 11. The molecule has 1 saturated heterocycles. The number of aliphatic hydroxyl groups excluding tert-OH is 1. The summed E-state index contributed by atoms with van der Waals surface area (Å²) in [5, 5.41) is 23.3. The van der Waals surface area contributed by atoms with E-state index in [-0.39, 0.29) is 6.61 Å². The highest BCUT2D eigenvalue weighted by atomic mass is 16.6. The predicted molar refractivity (Wildman–Crippen MR) is 149 cm³/mol. The molecule has 2 fully saturated rings. The maximum atomic E-state index is 11.7. The molecule has 3 aromatic rings. The molecule has 1 aliphatic heterocycles. The average molecular weight is 533 g/mol. The second-order valence-electron chi connectivity index (χ2n) is 10.8. The topological polar surface area (TPSA) is 77.4 Å². The Morgan fingerprint density at radius 3 is 1.69 bits per heavy atom. The first-order chi connectivity index (χ1) is 19.1. The van der Waals surface area contributed by atoms with Gasteiger partial charge >= 0.3 is 0 Å². The highest BCUT2D eigenvalue weighted by Gasteiger charge is 2.54. The smallest absolute Gasteiger partial charge is 0.115 e. The molecular formula is C33H40O6. The molecule has 208 valence electrons. The largest absolute Gasteiger partial charge is 0.387 e. The van der Waals surface area contributed by atoms with Gasteiger partial charge in [-0.1, -0.05) is 110 Å². The van der Waals surface area contributed by atoms with E-state index in [2.05, 4.69) is 0 Å². The Labute approximate surface area is 231 Å². The summed E-state index contributed by atoms with van der Waals surface area (Å²) in [6, 6.07) is 29.8. The minimum absolute atomic E-state index is 0.249. The second-order valence-corrected chi connectivity index (χ2v) is 10.8. The van der Waals surface area contributed by atoms with Gasteiger partial charge in [0.2, 0.25) is 0 Å². The Balaban J connectivity index is 1.39. The highest BCUT2D eigenvalue weighted by molar-refractivity contribution is 5.16. The number of benzene rings is 3. The molecule has 0 bridgehead atoms. The minimum atomic E-state index is -1.12. The Hall–Kier alpha value is -2.58. The normalized spacial score (nSPS) is 26.8. The van der Waals surface area contributed by atoms with Crippen molar-refractivity contribution >= 4 is 0 Å². The third kappa shape index (κ3) is 7.34. The zero-order valence-electron chi connectivity index (χ0n) is 22.4. The third-order valence-electron chi connectivity index (χ3n) is 7.87. The molecule has 2 aliphatic rings. The van der Waals surface area contributed by atoms with E-state index in [0.717, 1.165) is 36.0 Å². The first-order valence-electron chi connectivity index (χ1n) is 14.1. The van der Waals surface area contributed by atoms with Crippen LogP contribution in [0.5, 0.6) is 0 Å². The Bertz CT molecular complexity index is 1100. The molecule has 0 spiro atoms. The van der Waals surface area contributed by atoms with Crippen molar-refractivity contribution in [2.24, 2.45) is 0 Å². The molecular weight excluding hydrogens is 492 g/mol. The molecule has 0 amide bonds. The molecule has 0 unspecified atom stereocenters. The van der Waals surface area contributed by atoms with Gasteiger partial charge in [0.25, 0.3) is 0 Å². The first-order valence-corrected chi connectivity index (χ1v) is 14.1. The van der Waals surface area contributed by atoms with Gasteiger partial charge in [0.1, 0.15) is 30.5 Å².